The lowest BCUT2D eigenvalue weighted by Gasteiger charge is -2.34. The van der Waals surface area contributed by atoms with Crippen LogP contribution in [0.5, 0.6) is 5.75 Å². The minimum absolute atomic E-state index is 0.0315. The highest BCUT2D eigenvalue weighted by atomic mass is 19.1. The van der Waals surface area contributed by atoms with E-state index in [0.29, 0.717) is 49.5 Å². The zero-order valence-electron chi connectivity index (χ0n) is 23.6. The highest BCUT2D eigenvalue weighted by Gasteiger charge is 2.35. The number of nitrogens with two attached hydrogens (primary N) is 1. The number of rotatable bonds is 11. The topological polar surface area (TPSA) is 122 Å². The molecule has 3 N–H and O–H groups in total. The summed E-state index contributed by atoms with van der Waals surface area (Å²) in [6, 6.07) is 9.80. The number of ether oxygens (including phenoxy) is 1. The molecule has 2 heterocycles. The average Bonchev–Trinajstić information content (AvgIpc) is 3.33. The summed E-state index contributed by atoms with van der Waals surface area (Å²) >= 11 is 0. The summed E-state index contributed by atoms with van der Waals surface area (Å²) < 4.78 is 19.4. The second-order valence-corrected chi connectivity index (χ2v) is 9.50. The minimum Gasteiger partial charge on any atom is -0.493 e. The van der Waals surface area contributed by atoms with Gasteiger partial charge >= 0.3 is 0 Å². The number of halogens is 1. The Hall–Kier alpha value is -3.79. The van der Waals surface area contributed by atoms with Crippen LogP contribution in [0.3, 0.4) is 0 Å². The van der Waals surface area contributed by atoms with Gasteiger partial charge in [-0.25, -0.2) is 4.39 Å². The molecular weight excluding hydrogens is 515 g/mol. The van der Waals surface area contributed by atoms with Gasteiger partial charge in [0, 0.05) is 49.6 Å². The van der Waals surface area contributed by atoms with Crippen molar-refractivity contribution < 1.29 is 28.3 Å². The molecule has 218 valence electrons. The van der Waals surface area contributed by atoms with Crippen LogP contribution in [0.15, 0.2) is 36.4 Å². The molecule has 1 fully saturated rings. The Bertz CT molecular complexity index is 1120. The van der Waals surface area contributed by atoms with E-state index in [2.05, 4.69) is 22.0 Å². The predicted octanol–water partition coefficient (Wildman–Crippen LogP) is 3.58. The fraction of sp³-hybridized carbons (Fsp3) is 0.467. The van der Waals surface area contributed by atoms with E-state index in [-0.39, 0.29) is 17.5 Å². The lowest BCUT2D eigenvalue weighted by Crippen LogP contribution is -2.37. The summed E-state index contributed by atoms with van der Waals surface area (Å²) in [6.07, 6.45) is 6.44. The first-order valence-corrected chi connectivity index (χ1v) is 13.7. The van der Waals surface area contributed by atoms with Crippen molar-refractivity contribution in [3.05, 3.63) is 58.9 Å². The lowest BCUT2D eigenvalue weighted by atomic mass is 9.93. The van der Waals surface area contributed by atoms with Crippen molar-refractivity contribution in [2.24, 2.45) is 11.7 Å². The summed E-state index contributed by atoms with van der Waals surface area (Å²) in [5, 5.41) is 2.25. The minimum atomic E-state index is -0.567. The monoisotopic (exact) mass is 556 g/mol. The van der Waals surface area contributed by atoms with Gasteiger partial charge in [0.25, 0.3) is 5.91 Å². The molecule has 0 bridgehead atoms. The molecule has 4 rings (SSSR count). The van der Waals surface area contributed by atoms with Crippen LogP contribution >= 0.6 is 0 Å². The molecule has 1 saturated heterocycles. The van der Waals surface area contributed by atoms with Gasteiger partial charge in [0.2, 0.25) is 6.41 Å². The molecule has 0 radical (unpaired) electrons. The molecule has 0 aliphatic carbocycles. The normalized spacial score (nSPS) is 15.1. The first kappa shape index (κ1) is 32.4. The molecule has 1 unspecified atom stereocenters. The first-order chi connectivity index (χ1) is 19.5. The summed E-state index contributed by atoms with van der Waals surface area (Å²) in [5.74, 6) is 0.329. The Kier molecular flexibility index (Phi) is 13.8. The van der Waals surface area contributed by atoms with E-state index >= 15 is 0 Å². The SMILES string of the molecule is CCCC(C=O)N1Cc2c(cccc2N2CCC(CCOc3ccc(C=O)c(F)c3)CC2)C1=O.CN.CNC=O. The molecule has 0 spiro atoms. The van der Waals surface area contributed by atoms with Gasteiger partial charge in [0.05, 0.1) is 18.2 Å². The Morgan fingerprint density at radius 3 is 2.42 bits per heavy atom. The van der Waals surface area contributed by atoms with Gasteiger partial charge in [-0.1, -0.05) is 19.4 Å². The molecule has 2 aliphatic heterocycles. The van der Waals surface area contributed by atoms with Crippen LogP contribution in [0, 0.1) is 11.7 Å². The second-order valence-electron chi connectivity index (χ2n) is 9.50. The Labute approximate surface area is 235 Å². The van der Waals surface area contributed by atoms with Crippen molar-refractivity contribution in [1.82, 2.24) is 10.2 Å². The maximum absolute atomic E-state index is 13.7. The number of piperidine rings is 1. The molecule has 10 heteroatoms. The molecule has 2 amide bonds. The molecule has 2 aromatic carbocycles. The largest absolute Gasteiger partial charge is 0.493 e. The van der Waals surface area contributed by atoms with Crippen LogP contribution in [0.4, 0.5) is 10.1 Å². The third-order valence-electron chi connectivity index (χ3n) is 7.08. The second kappa shape index (κ2) is 17.0. The van der Waals surface area contributed by atoms with Crippen molar-refractivity contribution in [1.29, 1.82) is 0 Å². The van der Waals surface area contributed by atoms with Crippen LogP contribution in [-0.4, -0.2) is 69.6 Å². The van der Waals surface area contributed by atoms with Gasteiger partial charge in [-0.15, -0.1) is 0 Å². The number of amides is 2. The number of nitrogens with one attached hydrogen (secondary N) is 1. The standard InChI is InChI=1S/C27H31FN2O4.C2H5NO.CH5N/c1-2-4-21(18-32)30-16-24-23(27(30)33)5-3-6-26(24)29-12-9-19(10-13-29)11-14-34-22-8-7-20(17-31)25(28)15-22;1-3-2-4;1-2/h3,5-8,15,17-19,21H,2,4,9-14,16H2,1H3;2H,1H3,(H,3,4);2H2,1H3. The van der Waals surface area contributed by atoms with Gasteiger partial charge in [-0.3, -0.25) is 14.4 Å². The fourth-order valence-electron chi connectivity index (χ4n) is 4.99. The third kappa shape index (κ3) is 8.35. The summed E-state index contributed by atoms with van der Waals surface area (Å²) in [4.78, 5) is 48.4. The van der Waals surface area contributed by atoms with Crippen LogP contribution in [-0.2, 0) is 16.1 Å². The summed E-state index contributed by atoms with van der Waals surface area (Å²) in [6.45, 7) is 4.79. The number of benzene rings is 2. The molecular formula is C30H41FN4O5. The number of hydrogen-bond acceptors (Lipinski definition) is 7. The van der Waals surface area contributed by atoms with E-state index in [9.17, 15) is 18.8 Å². The van der Waals surface area contributed by atoms with Gasteiger partial charge < -0.3 is 30.4 Å². The van der Waals surface area contributed by atoms with Crippen molar-refractivity contribution in [2.45, 2.75) is 51.6 Å². The Morgan fingerprint density at radius 2 is 1.85 bits per heavy atom. The maximum Gasteiger partial charge on any atom is 0.255 e. The number of nitrogens with zero attached hydrogens (tertiary/aromatic N) is 2. The number of hydrogen-bond donors (Lipinski definition) is 2. The highest BCUT2D eigenvalue weighted by molar-refractivity contribution is 6.01. The number of carbonyl (C=O) groups excluding carboxylic acids is 4. The van der Waals surface area contributed by atoms with E-state index in [1.54, 1.807) is 18.0 Å². The van der Waals surface area contributed by atoms with Crippen LogP contribution in [0.25, 0.3) is 0 Å². The number of anilines is 1. The van der Waals surface area contributed by atoms with Gasteiger partial charge in [0.15, 0.2) is 6.29 Å². The Morgan fingerprint density at radius 1 is 1.15 bits per heavy atom. The van der Waals surface area contributed by atoms with Crippen LogP contribution in [0.1, 0.15) is 65.3 Å². The van der Waals surface area contributed by atoms with Crippen LogP contribution in [0.2, 0.25) is 0 Å². The van der Waals surface area contributed by atoms with Crippen molar-refractivity contribution >= 4 is 30.6 Å². The fourth-order valence-corrected chi connectivity index (χ4v) is 4.99. The maximum atomic E-state index is 13.7. The lowest BCUT2D eigenvalue weighted by molar-refractivity contribution is -0.112. The molecule has 2 aromatic rings. The smallest absolute Gasteiger partial charge is 0.255 e. The van der Waals surface area contributed by atoms with Gasteiger partial charge in [-0.05, 0) is 62.9 Å². The molecule has 9 nitrogen and oxygen atoms in total. The Balaban J connectivity index is 0.000000858. The van der Waals surface area contributed by atoms with Crippen molar-refractivity contribution in [2.75, 3.05) is 38.7 Å². The number of carbonyl (C=O) groups is 4. The highest BCUT2D eigenvalue weighted by Crippen LogP contribution is 2.35. The van der Waals surface area contributed by atoms with E-state index in [1.807, 2.05) is 19.1 Å². The van der Waals surface area contributed by atoms with E-state index in [1.165, 1.54) is 19.2 Å². The predicted molar refractivity (Wildman–Crippen MR) is 153 cm³/mol. The molecule has 1 atom stereocenters. The molecule has 0 saturated carbocycles. The zero-order chi connectivity index (χ0) is 29.5. The van der Waals surface area contributed by atoms with Gasteiger partial charge in [0.1, 0.15) is 17.9 Å². The van der Waals surface area contributed by atoms with E-state index in [4.69, 9.17) is 9.53 Å². The zero-order valence-corrected chi connectivity index (χ0v) is 23.6. The quantitative estimate of drug-likeness (QED) is 0.406. The number of fused-ring (bicyclic) bond motifs is 1. The molecule has 40 heavy (non-hydrogen) atoms. The first-order valence-electron chi connectivity index (χ1n) is 13.7. The molecule has 2 aliphatic rings. The van der Waals surface area contributed by atoms with Gasteiger partial charge in [-0.2, -0.15) is 0 Å². The average molecular weight is 557 g/mol. The third-order valence-corrected chi connectivity index (χ3v) is 7.08. The van der Waals surface area contributed by atoms with Crippen molar-refractivity contribution in [3.63, 3.8) is 0 Å². The van der Waals surface area contributed by atoms with Crippen LogP contribution < -0.4 is 20.7 Å². The van der Waals surface area contributed by atoms with Crippen molar-refractivity contribution in [3.8, 4) is 5.75 Å². The van der Waals surface area contributed by atoms with E-state index in [0.717, 1.165) is 56.3 Å². The number of aldehydes is 2. The summed E-state index contributed by atoms with van der Waals surface area (Å²) in [5.41, 5.74) is 7.36. The van der Waals surface area contributed by atoms with E-state index < -0.39 is 5.82 Å². The summed E-state index contributed by atoms with van der Waals surface area (Å²) in [7, 11) is 3.06. The molecule has 0 aromatic heterocycles.